The molecule has 0 spiro atoms. The average molecular weight is 253 g/mol. The number of benzene rings is 1. The minimum Gasteiger partial charge on any atom is -0.454 e. The molecule has 0 saturated carbocycles. The van der Waals surface area contributed by atoms with Crippen LogP contribution in [0, 0.1) is 5.82 Å². The SMILES string of the molecule is Fc1ccc2oc(-c3cnc4cccnn34)cc2c1. The second-order valence-corrected chi connectivity index (χ2v) is 4.23. The summed E-state index contributed by atoms with van der Waals surface area (Å²) >= 11 is 0. The molecule has 5 heteroatoms. The van der Waals surface area contributed by atoms with E-state index in [1.807, 2.05) is 12.1 Å². The molecule has 0 fully saturated rings. The van der Waals surface area contributed by atoms with Crippen LogP contribution < -0.4 is 0 Å². The molecule has 4 rings (SSSR count). The van der Waals surface area contributed by atoms with E-state index in [2.05, 4.69) is 10.1 Å². The lowest BCUT2D eigenvalue weighted by Crippen LogP contribution is -1.91. The maximum Gasteiger partial charge on any atom is 0.155 e. The highest BCUT2D eigenvalue weighted by molar-refractivity contribution is 5.82. The van der Waals surface area contributed by atoms with Crippen LogP contribution in [0.15, 0.2) is 53.2 Å². The number of hydrogen-bond acceptors (Lipinski definition) is 3. The zero-order valence-corrected chi connectivity index (χ0v) is 9.75. The predicted octanol–water partition coefficient (Wildman–Crippen LogP) is 3.28. The minimum atomic E-state index is -0.281. The monoisotopic (exact) mass is 253 g/mol. The van der Waals surface area contributed by atoms with Gasteiger partial charge in [-0.25, -0.2) is 13.9 Å². The molecule has 0 aliphatic carbocycles. The first-order valence-electron chi connectivity index (χ1n) is 5.79. The van der Waals surface area contributed by atoms with Gasteiger partial charge in [-0.15, -0.1) is 0 Å². The van der Waals surface area contributed by atoms with Crippen molar-refractivity contribution in [3.05, 3.63) is 54.6 Å². The molecule has 0 aliphatic rings. The summed E-state index contributed by atoms with van der Waals surface area (Å²) in [6, 6.07) is 9.90. The van der Waals surface area contributed by atoms with Crippen LogP contribution in [0.25, 0.3) is 28.1 Å². The van der Waals surface area contributed by atoms with Crippen molar-refractivity contribution in [3.63, 3.8) is 0 Å². The standard InChI is InChI=1S/C14H8FN3O/c15-10-3-4-12-9(6-10)7-13(19-12)11-8-16-14-2-1-5-17-18(11)14/h1-8H. The van der Waals surface area contributed by atoms with Crippen LogP contribution in [0.5, 0.6) is 0 Å². The van der Waals surface area contributed by atoms with E-state index >= 15 is 0 Å². The fourth-order valence-corrected chi connectivity index (χ4v) is 2.14. The van der Waals surface area contributed by atoms with Gasteiger partial charge in [0.1, 0.15) is 17.1 Å². The zero-order valence-electron chi connectivity index (χ0n) is 9.75. The Bertz CT molecular complexity index is 894. The van der Waals surface area contributed by atoms with Crippen LogP contribution in [0.3, 0.4) is 0 Å². The zero-order chi connectivity index (χ0) is 12.8. The number of hydrogen-bond donors (Lipinski definition) is 0. The van der Waals surface area contributed by atoms with E-state index < -0.39 is 0 Å². The fraction of sp³-hybridized carbons (Fsp3) is 0. The quantitative estimate of drug-likeness (QED) is 0.523. The predicted molar refractivity (Wildman–Crippen MR) is 68.2 cm³/mol. The van der Waals surface area contributed by atoms with Gasteiger partial charge < -0.3 is 4.42 Å². The third-order valence-corrected chi connectivity index (χ3v) is 3.01. The molecule has 4 aromatic rings. The number of furan rings is 1. The number of rotatable bonds is 1. The largest absolute Gasteiger partial charge is 0.454 e. The van der Waals surface area contributed by atoms with E-state index in [1.165, 1.54) is 12.1 Å². The highest BCUT2D eigenvalue weighted by atomic mass is 19.1. The van der Waals surface area contributed by atoms with Gasteiger partial charge in [0.25, 0.3) is 0 Å². The lowest BCUT2D eigenvalue weighted by Gasteiger charge is -1.95. The van der Waals surface area contributed by atoms with Gasteiger partial charge in [0.2, 0.25) is 0 Å². The van der Waals surface area contributed by atoms with Crippen molar-refractivity contribution < 1.29 is 8.81 Å². The maximum atomic E-state index is 13.2. The fourth-order valence-electron chi connectivity index (χ4n) is 2.14. The molecule has 0 atom stereocenters. The van der Waals surface area contributed by atoms with E-state index in [0.717, 1.165) is 16.7 Å². The molecule has 0 saturated heterocycles. The summed E-state index contributed by atoms with van der Waals surface area (Å²) in [5.41, 5.74) is 2.12. The van der Waals surface area contributed by atoms with Crippen LogP contribution in [-0.4, -0.2) is 14.6 Å². The molecule has 0 N–H and O–H groups in total. The van der Waals surface area contributed by atoms with Gasteiger partial charge >= 0.3 is 0 Å². The molecule has 3 heterocycles. The summed E-state index contributed by atoms with van der Waals surface area (Å²) in [7, 11) is 0. The molecule has 92 valence electrons. The van der Waals surface area contributed by atoms with Gasteiger partial charge in [0.15, 0.2) is 11.4 Å². The third-order valence-electron chi connectivity index (χ3n) is 3.01. The molecule has 0 unspecified atom stereocenters. The molecule has 0 radical (unpaired) electrons. The van der Waals surface area contributed by atoms with Crippen molar-refractivity contribution in [2.45, 2.75) is 0 Å². The first-order valence-corrected chi connectivity index (χ1v) is 5.79. The second kappa shape index (κ2) is 3.65. The van der Waals surface area contributed by atoms with Crippen molar-refractivity contribution in [1.29, 1.82) is 0 Å². The van der Waals surface area contributed by atoms with E-state index in [9.17, 15) is 4.39 Å². The molecule has 0 amide bonds. The van der Waals surface area contributed by atoms with Crippen molar-refractivity contribution in [3.8, 4) is 11.5 Å². The summed E-state index contributed by atoms with van der Waals surface area (Å²) in [5, 5.41) is 4.95. The first kappa shape index (κ1) is 10.3. The average Bonchev–Trinajstić information content (AvgIpc) is 3.00. The Morgan fingerprint density at radius 2 is 2.11 bits per heavy atom. The van der Waals surface area contributed by atoms with Gasteiger partial charge in [-0.3, -0.25) is 0 Å². The lowest BCUT2D eigenvalue weighted by atomic mass is 10.2. The molecule has 1 aromatic carbocycles. The number of aromatic nitrogens is 3. The normalized spacial score (nSPS) is 11.4. The summed E-state index contributed by atoms with van der Waals surface area (Å²) in [6.45, 7) is 0. The molecular formula is C14H8FN3O. The van der Waals surface area contributed by atoms with Crippen LogP contribution in [-0.2, 0) is 0 Å². The number of imidazole rings is 1. The Labute approximate surface area is 107 Å². The van der Waals surface area contributed by atoms with Crippen LogP contribution >= 0.6 is 0 Å². The summed E-state index contributed by atoms with van der Waals surface area (Å²) in [6.07, 6.45) is 3.37. The smallest absolute Gasteiger partial charge is 0.155 e. The molecular weight excluding hydrogens is 245 g/mol. The van der Waals surface area contributed by atoms with E-state index in [4.69, 9.17) is 4.42 Å². The molecule has 3 aromatic heterocycles. The summed E-state index contributed by atoms with van der Waals surface area (Å²) in [4.78, 5) is 4.25. The Kier molecular flexibility index (Phi) is 1.97. The van der Waals surface area contributed by atoms with Gasteiger partial charge in [-0.2, -0.15) is 5.10 Å². The minimum absolute atomic E-state index is 0.281. The van der Waals surface area contributed by atoms with Crippen LogP contribution in [0.4, 0.5) is 4.39 Å². The van der Waals surface area contributed by atoms with E-state index in [0.29, 0.717) is 11.3 Å². The molecule has 19 heavy (non-hydrogen) atoms. The first-order chi connectivity index (χ1) is 9.31. The van der Waals surface area contributed by atoms with Crippen molar-refractivity contribution in [2.75, 3.05) is 0 Å². The number of halogens is 1. The molecule has 0 aliphatic heterocycles. The summed E-state index contributed by atoms with van der Waals surface area (Å²) in [5.74, 6) is 0.336. The van der Waals surface area contributed by atoms with Gasteiger partial charge in [0.05, 0.1) is 6.20 Å². The van der Waals surface area contributed by atoms with Crippen LogP contribution in [0.1, 0.15) is 0 Å². The maximum absolute atomic E-state index is 13.2. The van der Waals surface area contributed by atoms with E-state index in [-0.39, 0.29) is 5.82 Å². The van der Waals surface area contributed by atoms with E-state index in [1.54, 1.807) is 29.0 Å². The Hall–Kier alpha value is -2.69. The third kappa shape index (κ3) is 1.52. The highest BCUT2D eigenvalue weighted by Gasteiger charge is 2.12. The Morgan fingerprint density at radius 3 is 3.05 bits per heavy atom. The van der Waals surface area contributed by atoms with Crippen LogP contribution in [0.2, 0.25) is 0 Å². The van der Waals surface area contributed by atoms with Crippen molar-refractivity contribution in [1.82, 2.24) is 14.6 Å². The summed E-state index contributed by atoms with van der Waals surface area (Å²) < 4.78 is 20.6. The van der Waals surface area contributed by atoms with Crippen molar-refractivity contribution >= 4 is 16.6 Å². The lowest BCUT2D eigenvalue weighted by molar-refractivity contribution is 0.616. The van der Waals surface area contributed by atoms with Crippen molar-refractivity contribution in [2.24, 2.45) is 0 Å². The number of nitrogens with zero attached hydrogens (tertiary/aromatic N) is 3. The number of fused-ring (bicyclic) bond motifs is 2. The second-order valence-electron chi connectivity index (χ2n) is 4.23. The Morgan fingerprint density at radius 1 is 1.16 bits per heavy atom. The topological polar surface area (TPSA) is 43.3 Å². The van der Waals surface area contributed by atoms with Gasteiger partial charge in [0, 0.05) is 11.6 Å². The molecule has 0 bridgehead atoms. The highest BCUT2D eigenvalue weighted by Crippen LogP contribution is 2.28. The Balaban J connectivity index is 1.99. The van der Waals surface area contributed by atoms with Gasteiger partial charge in [-0.1, -0.05) is 0 Å². The molecule has 4 nitrogen and oxygen atoms in total. The van der Waals surface area contributed by atoms with Gasteiger partial charge in [-0.05, 0) is 36.4 Å².